The second kappa shape index (κ2) is 8.48. The average molecular weight is 481 g/mol. The van der Waals surface area contributed by atoms with E-state index in [1.165, 1.54) is 11.3 Å². The van der Waals surface area contributed by atoms with Crippen LogP contribution in [0.4, 0.5) is 0 Å². The number of para-hydroxylation sites is 1. The Morgan fingerprint density at radius 1 is 0.765 bits per heavy atom. The zero-order valence-corrected chi connectivity index (χ0v) is 19.6. The Morgan fingerprint density at radius 3 is 2.18 bits per heavy atom. The Labute approximate surface area is 204 Å². The highest BCUT2D eigenvalue weighted by Crippen LogP contribution is 2.44. The normalized spacial score (nSPS) is 11.2. The number of nitrogens with zero attached hydrogens (tertiary/aromatic N) is 4. The van der Waals surface area contributed by atoms with Gasteiger partial charge < -0.3 is 4.74 Å². The number of thiophene rings is 1. The molecule has 0 N–H and O–H groups in total. The molecule has 0 fully saturated rings. The lowest BCUT2D eigenvalue weighted by atomic mass is 9.97. The van der Waals surface area contributed by atoms with E-state index < -0.39 is 0 Å². The first-order valence-corrected chi connectivity index (χ1v) is 11.8. The fourth-order valence-corrected chi connectivity index (χ4v) is 5.36. The summed E-state index contributed by atoms with van der Waals surface area (Å²) in [6, 6.07) is 27.9. The number of halogens is 1. The molecule has 0 unspecified atom stereocenters. The van der Waals surface area contributed by atoms with E-state index in [4.69, 9.17) is 21.3 Å². The van der Waals surface area contributed by atoms with Crippen LogP contribution in [0.15, 0.2) is 84.9 Å². The third-order valence-corrected chi connectivity index (χ3v) is 7.11. The highest BCUT2D eigenvalue weighted by Gasteiger charge is 2.22. The Balaban J connectivity index is 1.74. The monoisotopic (exact) mass is 480 g/mol. The predicted molar refractivity (Wildman–Crippen MR) is 138 cm³/mol. The summed E-state index contributed by atoms with van der Waals surface area (Å²) < 4.78 is 6.33. The molecular weight excluding hydrogens is 464 g/mol. The highest BCUT2D eigenvalue weighted by molar-refractivity contribution is 7.26. The molecule has 0 bridgehead atoms. The van der Waals surface area contributed by atoms with Gasteiger partial charge in [-0.25, -0.2) is 9.97 Å². The molecule has 0 atom stereocenters. The number of hydrogen-bond donors (Lipinski definition) is 0. The molecule has 6 aromatic rings. The molecule has 0 saturated heterocycles. The molecular formula is C27H17ClN4OS. The summed E-state index contributed by atoms with van der Waals surface area (Å²) in [5, 5.41) is 10.5. The SMILES string of the molecule is COc1ccccc1-c1nc(Cl)c2sc3nnc(-c4ccccc4)c(-c4ccccc4)c3c2n1. The summed E-state index contributed by atoms with van der Waals surface area (Å²) in [4.78, 5) is 10.4. The molecule has 0 saturated carbocycles. The lowest BCUT2D eigenvalue weighted by molar-refractivity contribution is 0.416. The van der Waals surface area contributed by atoms with Crippen molar-refractivity contribution >= 4 is 43.4 Å². The second-order valence-corrected chi connectivity index (χ2v) is 9.01. The first kappa shape index (κ1) is 20.7. The fraction of sp³-hybridized carbons (Fsp3) is 0.0370. The summed E-state index contributed by atoms with van der Waals surface area (Å²) in [7, 11) is 1.63. The molecule has 7 heteroatoms. The van der Waals surface area contributed by atoms with Crippen LogP contribution >= 0.6 is 22.9 Å². The Bertz CT molecular complexity index is 1650. The molecule has 0 aliphatic rings. The Kier molecular flexibility index (Phi) is 5.17. The van der Waals surface area contributed by atoms with Gasteiger partial charge >= 0.3 is 0 Å². The van der Waals surface area contributed by atoms with E-state index in [9.17, 15) is 0 Å². The van der Waals surface area contributed by atoms with Crippen LogP contribution in [-0.2, 0) is 0 Å². The molecule has 0 amide bonds. The van der Waals surface area contributed by atoms with Gasteiger partial charge in [0.05, 0.1) is 22.9 Å². The molecule has 0 spiro atoms. The van der Waals surface area contributed by atoms with Crippen molar-refractivity contribution in [2.75, 3.05) is 7.11 Å². The van der Waals surface area contributed by atoms with Gasteiger partial charge in [-0.3, -0.25) is 0 Å². The molecule has 164 valence electrons. The summed E-state index contributed by atoms with van der Waals surface area (Å²) in [5.41, 5.74) is 5.33. The predicted octanol–water partition coefficient (Wildman–Crippen LogP) is 7.30. The molecule has 3 heterocycles. The molecule has 0 radical (unpaired) electrons. The minimum atomic E-state index is 0.383. The van der Waals surface area contributed by atoms with Crippen molar-refractivity contribution < 1.29 is 4.74 Å². The van der Waals surface area contributed by atoms with Gasteiger partial charge in [0.2, 0.25) is 0 Å². The Hall–Kier alpha value is -3.87. The molecule has 6 rings (SSSR count). The van der Waals surface area contributed by atoms with Crippen molar-refractivity contribution in [3.8, 4) is 39.5 Å². The molecule has 34 heavy (non-hydrogen) atoms. The van der Waals surface area contributed by atoms with Crippen LogP contribution in [0.1, 0.15) is 0 Å². The fourth-order valence-electron chi connectivity index (χ4n) is 4.13. The van der Waals surface area contributed by atoms with Crippen LogP contribution in [-0.4, -0.2) is 27.3 Å². The summed E-state index contributed by atoms with van der Waals surface area (Å²) in [6.45, 7) is 0. The van der Waals surface area contributed by atoms with Crippen LogP contribution in [0, 0.1) is 0 Å². The number of hydrogen-bond acceptors (Lipinski definition) is 6. The molecule has 0 aliphatic heterocycles. The van der Waals surface area contributed by atoms with Gasteiger partial charge in [0.25, 0.3) is 0 Å². The zero-order chi connectivity index (χ0) is 23.1. The average Bonchev–Trinajstić information content (AvgIpc) is 3.28. The first-order chi connectivity index (χ1) is 16.7. The van der Waals surface area contributed by atoms with E-state index in [2.05, 4.69) is 27.3 Å². The van der Waals surface area contributed by atoms with Gasteiger partial charge in [0.15, 0.2) is 11.0 Å². The molecule has 3 aromatic heterocycles. The van der Waals surface area contributed by atoms with Gasteiger partial charge in [-0.05, 0) is 17.7 Å². The standard InChI is InChI=1S/C27H17ClN4OS/c1-33-19-15-9-8-14-18(19)26-29-23-21-20(16-10-4-2-5-11-16)22(17-12-6-3-7-13-17)31-32-27(21)34-24(23)25(28)30-26/h2-15H,1H3. The minimum Gasteiger partial charge on any atom is -0.496 e. The number of fused-ring (bicyclic) bond motifs is 3. The van der Waals surface area contributed by atoms with E-state index in [0.29, 0.717) is 16.7 Å². The number of aromatic nitrogens is 4. The summed E-state index contributed by atoms with van der Waals surface area (Å²) in [6.07, 6.45) is 0. The van der Waals surface area contributed by atoms with Crippen LogP contribution in [0.5, 0.6) is 5.75 Å². The van der Waals surface area contributed by atoms with Crippen LogP contribution in [0.2, 0.25) is 5.15 Å². The van der Waals surface area contributed by atoms with Gasteiger partial charge in [0, 0.05) is 16.5 Å². The second-order valence-electron chi connectivity index (χ2n) is 7.65. The topological polar surface area (TPSA) is 60.8 Å². The molecule has 0 aliphatic carbocycles. The maximum Gasteiger partial charge on any atom is 0.165 e. The summed E-state index contributed by atoms with van der Waals surface area (Å²) in [5.74, 6) is 1.19. The van der Waals surface area contributed by atoms with Crippen molar-refractivity contribution in [2.45, 2.75) is 0 Å². The third-order valence-electron chi connectivity index (χ3n) is 5.66. The van der Waals surface area contributed by atoms with Crippen LogP contribution < -0.4 is 4.74 Å². The number of benzene rings is 3. The summed E-state index contributed by atoms with van der Waals surface area (Å²) >= 11 is 8.16. The maximum atomic E-state index is 6.70. The first-order valence-electron chi connectivity index (χ1n) is 10.6. The van der Waals surface area contributed by atoms with E-state index in [1.54, 1.807) is 7.11 Å². The van der Waals surface area contributed by atoms with E-state index in [0.717, 1.165) is 48.4 Å². The smallest absolute Gasteiger partial charge is 0.165 e. The van der Waals surface area contributed by atoms with Crippen LogP contribution in [0.25, 0.3) is 54.2 Å². The van der Waals surface area contributed by atoms with Crippen molar-refractivity contribution in [2.24, 2.45) is 0 Å². The van der Waals surface area contributed by atoms with Crippen molar-refractivity contribution in [3.05, 3.63) is 90.1 Å². The van der Waals surface area contributed by atoms with Gasteiger partial charge in [-0.1, -0.05) is 84.4 Å². The largest absolute Gasteiger partial charge is 0.496 e. The maximum absolute atomic E-state index is 6.70. The van der Waals surface area contributed by atoms with Crippen LogP contribution in [0.3, 0.4) is 0 Å². The van der Waals surface area contributed by atoms with Crippen molar-refractivity contribution in [3.63, 3.8) is 0 Å². The lowest BCUT2D eigenvalue weighted by Gasteiger charge is -2.11. The van der Waals surface area contributed by atoms with Crippen molar-refractivity contribution in [1.82, 2.24) is 20.2 Å². The minimum absolute atomic E-state index is 0.383. The van der Waals surface area contributed by atoms with E-state index in [-0.39, 0.29) is 0 Å². The van der Waals surface area contributed by atoms with Gasteiger partial charge in [-0.2, -0.15) is 0 Å². The van der Waals surface area contributed by atoms with E-state index >= 15 is 0 Å². The number of methoxy groups -OCH3 is 1. The van der Waals surface area contributed by atoms with E-state index in [1.807, 2.05) is 72.8 Å². The quantitative estimate of drug-likeness (QED) is 0.248. The number of rotatable bonds is 4. The van der Waals surface area contributed by atoms with Gasteiger partial charge in [0.1, 0.15) is 16.3 Å². The third kappa shape index (κ3) is 3.39. The zero-order valence-electron chi connectivity index (χ0n) is 18.1. The molecule has 5 nitrogen and oxygen atoms in total. The highest BCUT2D eigenvalue weighted by atomic mass is 35.5. The molecule has 3 aromatic carbocycles. The lowest BCUT2D eigenvalue weighted by Crippen LogP contribution is -1.96. The van der Waals surface area contributed by atoms with Gasteiger partial charge in [-0.15, -0.1) is 21.5 Å². The Morgan fingerprint density at radius 2 is 1.44 bits per heavy atom. The number of ether oxygens (including phenoxy) is 1. The van der Waals surface area contributed by atoms with Crippen molar-refractivity contribution in [1.29, 1.82) is 0 Å².